The molecule has 4 nitrogen and oxygen atoms in total. The Hall–Kier alpha value is -2.36. The Morgan fingerprint density at radius 3 is 2.55 bits per heavy atom. The molecule has 1 aliphatic carbocycles. The molecule has 4 heteroatoms. The van der Waals surface area contributed by atoms with Gasteiger partial charge in [-0.25, -0.2) is 0 Å². The Balaban J connectivity index is 1.68. The Bertz CT molecular complexity index is 706. The number of amides is 1. The number of nitrogens with one attached hydrogen (secondary N) is 1. The molecule has 0 aliphatic heterocycles. The van der Waals surface area contributed by atoms with Gasteiger partial charge in [-0.05, 0) is 35.6 Å². The number of rotatable bonds is 6. The SMILES string of the molecule is O=C(O)C(CNC(=O)C1CC1)Cc1ccc2ccccc2c1. The second kappa shape index (κ2) is 6.18. The first-order valence-electron chi connectivity index (χ1n) is 7.61. The molecule has 1 atom stereocenters. The Morgan fingerprint density at radius 2 is 1.86 bits per heavy atom. The molecule has 0 heterocycles. The van der Waals surface area contributed by atoms with Gasteiger partial charge in [0.15, 0.2) is 0 Å². The van der Waals surface area contributed by atoms with Crippen molar-refractivity contribution in [3.8, 4) is 0 Å². The van der Waals surface area contributed by atoms with Crippen LogP contribution in [0.4, 0.5) is 0 Å². The van der Waals surface area contributed by atoms with Gasteiger partial charge in [-0.2, -0.15) is 0 Å². The Labute approximate surface area is 129 Å². The predicted molar refractivity (Wildman–Crippen MR) is 84.5 cm³/mol. The van der Waals surface area contributed by atoms with E-state index in [9.17, 15) is 14.7 Å². The van der Waals surface area contributed by atoms with Crippen LogP contribution in [0.1, 0.15) is 18.4 Å². The fraction of sp³-hybridized carbons (Fsp3) is 0.333. The second-order valence-corrected chi connectivity index (χ2v) is 5.94. The molecule has 22 heavy (non-hydrogen) atoms. The fourth-order valence-corrected chi connectivity index (χ4v) is 2.61. The topological polar surface area (TPSA) is 66.4 Å². The van der Waals surface area contributed by atoms with Gasteiger partial charge in [-0.3, -0.25) is 9.59 Å². The second-order valence-electron chi connectivity index (χ2n) is 5.94. The van der Waals surface area contributed by atoms with Gasteiger partial charge in [0, 0.05) is 12.5 Å². The van der Waals surface area contributed by atoms with Crippen LogP contribution in [0, 0.1) is 11.8 Å². The van der Waals surface area contributed by atoms with Gasteiger partial charge in [0.1, 0.15) is 0 Å². The zero-order valence-electron chi connectivity index (χ0n) is 12.3. The van der Waals surface area contributed by atoms with Crippen LogP contribution < -0.4 is 5.32 Å². The summed E-state index contributed by atoms with van der Waals surface area (Å²) < 4.78 is 0. The molecular weight excluding hydrogens is 278 g/mol. The molecule has 2 N–H and O–H groups in total. The number of benzene rings is 2. The van der Waals surface area contributed by atoms with Gasteiger partial charge in [0.2, 0.25) is 5.91 Å². The summed E-state index contributed by atoms with van der Waals surface area (Å²) in [5.74, 6) is -1.37. The number of hydrogen-bond donors (Lipinski definition) is 2. The molecule has 1 saturated carbocycles. The summed E-state index contributed by atoms with van der Waals surface area (Å²) in [5.41, 5.74) is 0.978. The highest BCUT2D eigenvalue weighted by Gasteiger charge is 2.30. The van der Waals surface area contributed by atoms with Crippen LogP contribution >= 0.6 is 0 Å². The van der Waals surface area contributed by atoms with Crippen LogP contribution in [0.25, 0.3) is 10.8 Å². The minimum absolute atomic E-state index is 0.00948. The number of hydrogen-bond acceptors (Lipinski definition) is 2. The largest absolute Gasteiger partial charge is 0.481 e. The molecule has 0 aromatic heterocycles. The van der Waals surface area contributed by atoms with Crippen molar-refractivity contribution in [2.75, 3.05) is 6.54 Å². The van der Waals surface area contributed by atoms with Gasteiger partial charge in [0.25, 0.3) is 0 Å². The third-order valence-corrected chi connectivity index (χ3v) is 4.12. The average molecular weight is 297 g/mol. The standard InChI is InChI=1S/C18H19NO3/c20-17(14-7-8-14)19-11-16(18(21)22)10-12-5-6-13-3-1-2-4-15(13)9-12/h1-6,9,14,16H,7-8,10-11H2,(H,19,20)(H,21,22). The lowest BCUT2D eigenvalue weighted by molar-refractivity contribution is -0.141. The number of carbonyl (C=O) groups is 2. The highest BCUT2D eigenvalue weighted by atomic mass is 16.4. The lowest BCUT2D eigenvalue weighted by Gasteiger charge is -2.14. The molecule has 0 spiro atoms. The quantitative estimate of drug-likeness (QED) is 0.861. The maximum atomic E-state index is 11.7. The van der Waals surface area contributed by atoms with Gasteiger partial charge in [-0.15, -0.1) is 0 Å². The smallest absolute Gasteiger partial charge is 0.308 e. The molecule has 1 amide bonds. The van der Waals surface area contributed by atoms with Crippen molar-refractivity contribution in [3.05, 3.63) is 48.0 Å². The van der Waals surface area contributed by atoms with Crippen molar-refractivity contribution in [2.45, 2.75) is 19.3 Å². The summed E-state index contributed by atoms with van der Waals surface area (Å²) in [5, 5.41) is 14.4. The third kappa shape index (κ3) is 3.45. The minimum Gasteiger partial charge on any atom is -0.481 e. The van der Waals surface area contributed by atoms with E-state index in [-0.39, 0.29) is 18.4 Å². The van der Waals surface area contributed by atoms with Crippen LogP contribution in [-0.2, 0) is 16.0 Å². The molecule has 1 fully saturated rings. The first-order chi connectivity index (χ1) is 10.6. The van der Waals surface area contributed by atoms with Crippen molar-refractivity contribution < 1.29 is 14.7 Å². The molecule has 2 aromatic rings. The molecule has 114 valence electrons. The van der Waals surface area contributed by atoms with Crippen LogP contribution in [0.5, 0.6) is 0 Å². The molecule has 0 bridgehead atoms. The zero-order valence-corrected chi connectivity index (χ0v) is 12.3. The van der Waals surface area contributed by atoms with Crippen molar-refractivity contribution in [1.29, 1.82) is 0 Å². The molecule has 3 rings (SSSR count). The highest BCUT2D eigenvalue weighted by molar-refractivity contribution is 5.83. The van der Waals surface area contributed by atoms with E-state index < -0.39 is 11.9 Å². The van der Waals surface area contributed by atoms with E-state index in [2.05, 4.69) is 5.32 Å². The summed E-state index contributed by atoms with van der Waals surface area (Å²) in [4.78, 5) is 23.1. The van der Waals surface area contributed by atoms with E-state index in [4.69, 9.17) is 0 Å². The first kappa shape index (κ1) is 14.6. The van der Waals surface area contributed by atoms with E-state index in [0.717, 1.165) is 29.2 Å². The minimum atomic E-state index is -0.871. The summed E-state index contributed by atoms with van der Waals surface area (Å²) in [6, 6.07) is 14.0. The lowest BCUT2D eigenvalue weighted by atomic mass is 9.97. The lowest BCUT2D eigenvalue weighted by Crippen LogP contribution is -2.34. The zero-order chi connectivity index (χ0) is 15.5. The Kier molecular flexibility index (Phi) is 4.09. The monoisotopic (exact) mass is 297 g/mol. The summed E-state index contributed by atoms with van der Waals surface area (Å²) in [7, 11) is 0. The van der Waals surface area contributed by atoms with Gasteiger partial charge >= 0.3 is 5.97 Å². The Morgan fingerprint density at radius 1 is 1.14 bits per heavy atom. The maximum Gasteiger partial charge on any atom is 0.308 e. The summed E-state index contributed by atoms with van der Waals surface area (Å²) in [6.45, 7) is 0.192. The van der Waals surface area contributed by atoms with E-state index in [1.807, 2.05) is 42.5 Å². The summed E-state index contributed by atoms with van der Waals surface area (Å²) >= 11 is 0. The summed E-state index contributed by atoms with van der Waals surface area (Å²) in [6.07, 6.45) is 2.27. The predicted octanol–water partition coefficient (Wildman–Crippen LogP) is 2.61. The van der Waals surface area contributed by atoms with Crippen molar-refractivity contribution in [2.24, 2.45) is 11.8 Å². The van der Waals surface area contributed by atoms with Crippen LogP contribution in [-0.4, -0.2) is 23.5 Å². The number of carboxylic acid groups (broad SMARTS) is 1. The average Bonchev–Trinajstić information content (AvgIpc) is 3.35. The number of carboxylic acids is 1. The molecule has 0 radical (unpaired) electrons. The number of carbonyl (C=O) groups excluding carboxylic acids is 1. The van der Waals surface area contributed by atoms with Gasteiger partial charge in [-0.1, -0.05) is 42.5 Å². The van der Waals surface area contributed by atoms with E-state index in [1.54, 1.807) is 0 Å². The first-order valence-corrected chi connectivity index (χ1v) is 7.61. The van der Waals surface area contributed by atoms with Crippen LogP contribution in [0.15, 0.2) is 42.5 Å². The molecular formula is C18H19NO3. The third-order valence-electron chi connectivity index (χ3n) is 4.12. The van der Waals surface area contributed by atoms with Crippen LogP contribution in [0.2, 0.25) is 0 Å². The highest BCUT2D eigenvalue weighted by Crippen LogP contribution is 2.28. The van der Waals surface area contributed by atoms with E-state index >= 15 is 0 Å². The molecule has 1 aliphatic rings. The maximum absolute atomic E-state index is 11.7. The molecule has 0 saturated heterocycles. The molecule has 1 unspecified atom stereocenters. The molecule has 2 aromatic carbocycles. The number of fused-ring (bicyclic) bond motifs is 1. The van der Waals surface area contributed by atoms with E-state index in [0.29, 0.717) is 6.42 Å². The van der Waals surface area contributed by atoms with Crippen molar-refractivity contribution >= 4 is 22.6 Å². The number of aliphatic carboxylic acids is 1. The van der Waals surface area contributed by atoms with Crippen LogP contribution in [0.3, 0.4) is 0 Å². The van der Waals surface area contributed by atoms with E-state index in [1.165, 1.54) is 0 Å². The van der Waals surface area contributed by atoms with Gasteiger partial charge < -0.3 is 10.4 Å². The normalized spacial score (nSPS) is 15.5. The van der Waals surface area contributed by atoms with Gasteiger partial charge in [0.05, 0.1) is 5.92 Å². The fourth-order valence-electron chi connectivity index (χ4n) is 2.61. The van der Waals surface area contributed by atoms with Crippen molar-refractivity contribution in [3.63, 3.8) is 0 Å². The van der Waals surface area contributed by atoms with Crippen molar-refractivity contribution in [1.82, 2.24) is 5.32 Å².